The highest BCUT2D eigenvalue weighted by molar-refractivity contribution is 9.10. The van der Waals surface area contributed by atoms with E-state index < -0.39 is 0 Å². The number of nitrogens with one attached hydrogen (secondary N) is 1. The van der Waals surface area contributed by atoms with Gasteiger partial charge >= 0.3 is 0 Å². The van der Waals surface area contributed by atoms with Crippen molar-refractivity contribution in [1.29, 1.82) is 0 Å². The molecule has 1 aliphatic heterocycles. The lowest BCUT2D eigenvalue weighted by Gasteiger charge is -2.28. The molecule has 0 saturated carbocycles. The molecule has 5 rings (SSSR count). The van der Waals surface area contributed by atoms with Crippen LogP contribution in [0, 0.1) is 0 Å². The molecule has 0 fully saturated rings. The molecule has 1 aromatic carbocycles. The second-order valence-corrected chi connectivity index (χ2v) is 8.44. The lowest BCUT2D eigenvalue weighted by Crippen LogP contribution is -2.37. The van der Waals surface area contributed by atoms with Crippen molar-refractivity contribution in [3.8, 4) is 0 Å². The van der Waals surface area contributed by atoms with Crippen molar-refractivity contribution < 1.29 is 4.79 Å². The Morgan fingerprint density at radius 2 is 1.83 bits per heavy atom. The van der Waals surface area contributed by atoms with Gasteiger partial charge in [-0.3, -0.25) is 4.79 Å². The maximum absolute atomic E-state index is 12.7. The van der Waals surface area contributed by atoms with Crippen LogP contribution in [0.2, 0.25) is 0 Å². The van der Waals surface area contributed by atoms with Gasteiger partial charge in [0.2, 0.25) is 5.95 Å². The van der Waals surface area contributed by atoms with E-state index in [1.165, 1.54) is 11.1 Å². The lowest BCUT2D eigenvalue weighted by molar-refractivity contribution is 0.0727. The zero-order valence-electron chi connectivity index (χ0n) is 15.8. The molecular formula is C22H20BrN5O. The summed E-state index contributed by atoms with van der Waals surface area (Å²) in [6.45, 7) is 1.15. The molecule has 1 N–H and O–H groups in total. The van der Waals surface area contributed by atoms with Crippen LogP contribution in [0.5, 0.6) is 0 Å². The van der Waals surface area contributed by atoms with Crippen molar-refractivity contribution >= 4 is 27.8 Å². The summed E-state index contributed by atoms with van der Waals surface area (Å²) < 4.78 is 0.858. The molecule has 0 unspecified atom stereocenters. The summed E-state index contributed by atoms with van der Waals surface area (Å²) in [4.78, 5) is 28.0. The number of hydrogen-bond acceptors (Lipinski definition) is 5. The Labute approximate surface area is 177 Å². The Morgan fingerprint density at radius 3 is 2.55 bits per heavy atom. The van der Waals surface area contributed by atoms with Crippen LogP contribution in [0.3, 0.4) is 0 Å². The highest BCUT2D eigenvalue weighted by Gasteiger charge is 2.25. The topological polar surface area (TPSA) is 71.0 Å². The third-order valence-corrected chi connectivity index (χ3v) is 6.02. The Hall–Kier alpha value is -2.80. The molecule has 1 amide bonds. The van der Waals surface area contributed by atoms with E-state index in [9.17, 15) is 4.79 Å². The number of amides is 1. The Bertz CT molecular complexity index is 1040. The lowest BCUT2D eigenvalue weighted by atomic mass is 10.1. The summed E-state index contributed by atoms with van der Waals surface area (Å²) in [5.74, 6) is 0.616. The summed E-state index contributed by atoms with van der Waals surface area (Å²) in [5.41, 5.74) is 5.28. The number of nitrogens with zero attached hydrogens (tertiary/aromatic N) is 4. The second-order valence-electron chi connectivity index (χ2n) is 7.52. The largest absolute Gasteiger partial charge is 0.351 e. The van der Waals surface area contributed by atoms with Gasteiger partial charge in [-0.25, -0.2) is 15.0 Å². The Morgan fingerprint density at radius 1 is 1.03 bits per heavy atom. The van der Waals surface area contributed by atoms with E-state index in [0.717, 1.165) is 35.0 Å². The van der Waals surface area contributed by atoms with E-state index in [-0.39, 0.29) is 5.91 Å². The fourth-order valence-electron chi connectivity index (χ4n) is 4.07. The van der Waals surface area contributed by atoms with Gasteiger partial charge in [-0.15, -0.1) is 0 Å². The fourth-order valence-corrected chi connectivity index (χ4v) is 4.30. The minimum atomic E-state index is -0.0610. The van der Waals surface area contributed by atoms with Crippen LogP contribution in [0.15, 0.2) is 53.3 Å². The number of fused-ring (bicyclic) bond motifs is 2. The summed E-state index contributed by atoms with van der Waals surface area (Å²) in [7, 11) is 0. The molecule has 2 aliphatic rings. The van der Waals surface area contributed by atoms with Gasteiger partial charge in [-0.05, 0) is 52.0 Å². The molecule has 2 aromatic heterocycles. The Balaban J connectivity index is 1.26. The number of pyridine rings is 1. The standard InChI is InChI=1S/C22H20BrN5O/c23-17-5-6-20(24-12-17)21(29)28-8-7-19-16(13-28)11-25-22(27-19)26-18-9-14-3-1-2-4-15(14)10-18/h1-6,11-12,18H,7-10,13H2,(H,25,26,27). The van der Waals surface area contributed by atoms with E-state index in [1.54, 1.807) is 12.3 Å². The van der Waals surface area contributed by atoms with Crippen molar-refractivity contribution in [1.82, 2.24) is 19.9 Å². The first-order chi connectivity index (χ1) is 14.2. The molecule has 0 spiro atoms. The van der Waals surface area contributed by atoms with Crippen molar-refractivity contribution in [2.45, 2.75) is 31.8 Å². The molecule has 3 heterocycles. The summed E-state index contributed by atoms with van der Waals surface area (Å²) in [5, 5.41) is 3.49. The van der Waals surface area contributed by atoms with E-state index >= 15 is 0 Å². The van der Waals surface area contributed by atoms with Crippen LogP contribution in [-0.2, 0) is 25.8 Å². The third-order valence-electron chi connectivity index (χ3n) is 5.55. The van der Waals surface area contributed by atoms with E-state index in [0.29, 0.717) is 30.8 Å². The number of hydrogen-bond donors (Lipinski definition) is 1. The highest BCUT2D eigenvalue weighted by Crippen LogP contribution is 2.25. The molecule has 7 heteroatoms. The van der Waals surface area contributed by atoms with Gasteiger partial charge in [0.1, 0.15) is 5.69 Å². The van der Waals surface area contributed by atoms with Gasteiger partial charge in [-0.1, -0.05) is 24.3 Å². The van der Waals surface area contributed by atoms with E-state index in [4.69, 9.17) is 4.98 Å². The van der Waals surface area contributed by atoms with E-state index in [2.05, 4.69) is 55.5 Å². The van der Waals surface area contributed by atoms with Gasteiger partial charge in [0, 0.05) is 48.0 Å². The quantitative estimate of drug-likeness (QED) is 0.663. The average Bonchev–Trinajstić information content (AvgIpc) is 3.15. The molecule has 3 aromatic rings. The number of rotatable bonds is 3. The summed E-state index contributed by atoms with van der Waals surface area (Å²) in [6.07, 6.45) is 6.21. The molecule has 0 bridgehead atoms. The average molecular weight is 450 g/mol. The molecule has 0 radical (unpaired) electrons. The summed E-state index contributed by atoms with van der Waals surface area (Å²) >= 11 is 3.35. The van der Waals surface area contributed by atoms with Crippen LogP contribution in [0.25, 0.3) is 0 Å². The SMILES string of the molecule is O=C(c1ccc(Br)cn1)N1CCc2nc(NC3Cc4ccccc4C3)ncc2C1. The molecule has 146 valence electrons. The fraction of sp³-hybridized carbons (Fsp3) is 0.273. The van der Waals surface area contributed by atoms with Crippen LogP contribution < -0.4 is 5.32 Å². The van der Waals surface area contributed by atoms with Crippen molar-refractivity contribution in [2.75, 3.05) is 11.9 Å². The van der Waals surface area contributed by atoms with Crippen LogP contribution in [0.4, 0.5) is 5.95 Å². The van der Waals surface area contributed by atoms with Gasteiger partial charge in [0.05, 0.1) is 5.69 Å². The first-order valence-electron chi connectivity index (χ1n) is 9.74. The van der Waals surface area contributed by atoms with Gasteiger partial charge < -0.3 is 10.2 Å². The molecule has 1 aliphatic carbocycles. The monoisotopic (exact) mass is 449 g/mol. The highest BCUT2D eigenvalue weighted by atomic mass is 79.9. The number of anilines is 1. The minimum Gasteiger partial charge on any atom is -0.351 e. The molecule has 0 atom stereocenters. The van der Waals surface area contributed by atoms with Gasteiger partial charge in [0.25, 0.3) is 5.91 Å². The number of carbonyl (C=O) groups is 1. The molecular weight excluding hydrogens is 430 g/mol. The number of aromatic nitrogens is 3. The first kappa shape index (κ1) is 18.2. The Kier molecular flexibility index (Phi) is 4.75. The van der Waals surface area contributed by atoms with Gasteiger partial charge in [0.15, 0.2) is 0 Å². The maximum atomic E-state index is 12.7. The van der Waals surface area contributed by atoms with Crippen LogP contribution >= 0.6 is 15.9 Å². The third kappa shape index (κ3) is 3.74. The predicted octanol–water partition coefficient (Wildman–Crippen LogP) is 3.41. The predicted molar refractivity (Wildman–Crippen MR) is 114 cm³/mol. The first-order valence-corrected chi connectivity index (χ1v) is 10.5. The number of benzene rings is 1. The molecule has 0 saturated heterocycles. The van der Waals surface area contributed by atoms with Gasteiger partial charge in [-0.2, -0.15) is 0 Å². The second kappa shape index (κ2) is 7.55. The molecule has 29 heavy (non-hydrogen) atoms. The summed E-state index contributed by atoms with van der Waals surface area (Å²) in [6, 6.07) is 12.5. The van der Waals surface area contributed by atoms with Crippen LogP contribution in [0.1, 0.15) is 32.9 Å². The van der Waals surface area contributed by atoms with Crippen molar-refractivity contribution in [3.63, 3.8) is 0 Å². The maximum Gasteiger partial charge on any atom is 0.272 e. The number of carbonyl (C=O) groups excluding carboxylic acids is 1. The van der Waals surface area contributed by atoms with Crippen LogP contribution in [-0.4, -0.2) is 38.3 Å². The zero-order valence-corrected chi connectivity index (χ0v) is 17.4. The molecule has 6 nitrogen and oxygen atoms in total. The minimum absolute atomic E-state index is 0.0610. The van der Waals surface area contributed by atoms with E-state index in [1.807, 2.05) is 17.2 Å². The van der Waals surface area contributed by atoms with Crippen molar-refractivity contribution in [2.24, 2.45) is 0 Å². The number of halogens is 1. The van der Waals surface area contributed by atoms with Crippen molar-refractivity contribution in [3.05, 3.63) is 81.3 Å². The smallest absolute Gasteiger partial charge is 0.272 e. The normalized spacial score (nSPS) is 15.7. The zero-order chi connectivity index (χ0) is 19.8.